The molecule has 140 valence electrons. The molecule has 0 unspecified atom stereocenters. The van der Waals surface area contributed by atoms with Gasteiger partial charge >= 0.3 is 0 Å². The van der Waals surface area contributed by atoms with E-state index in [1.807, 2.05) is 13.8 Å². The molecule has 2 heterocycles. The minimum Gasteiger partial charge on any atom is -0.342 e. The number of nitrogens with zero attached hydrogens (tertiary/aromatic N) is 4. The lowest BCUT2D eigenvalue weighted by atomic mass is 10.2. The van der Waals surface area contributed by atoms with Crippen molar-refractivity contribution in [3.8, 4) is 0 Å². The minimum absolute atomic E-state index is 0.0127. The van der Waals surface area contributed by atoms with Crippen LogP contribution in [0.1, 0.15) is 30.7 Å². The number of carbonyl (C=O) groups is 2. The summed E-state index contributed by atoms with van der Waals surface area (Å²) in [5.74, 6) is -0.372. The Hall–Kier alpha value is -2.22. The van der Waals surface area contributed by atoms with Crippen molar-refractivity contribution >= 4 is 33.4 Å². The number of aryl methyl sites for hydroxylation is 2. The van der Waals surface area contributed by atoms with E-state index >= 15 is 0 Å². The molecule has 0 aromatic carbocycles. The summed E-state index contributed by atoms with van der Waals surface area (Å²) in [5, 5.41) is 0.666. The topological polar surface area (TPSA) is 75.5 Å². The van der Waals surface area contributed by atoms with E-state index in [1.54, 1.807) is 23.3 Å². The van der Waals surface area contributed by atoms with Crippen LogP contribution < -0.4 is 5.56 Å². The first-order chi connectivity index (χ1) is 12.5. The van der Waals surface area contributed by atoms with Crippen LogP contribution in [0.3, 0.4) is 0 Å². The van der Waals surface area contributed by atoms with Crippen molar-refractivity contribution in [2.45, 2.75) is 39.7 Å². The van der Waals surface area contributed by atoms with Crippen LogP contribution in [0, 0.1) is 0 Å². The molecular formula is C18H24N4O3S. The monoisotopic (exact) mass is 376 g/mol. The molecule has 1 aliphatic carbocycles. The second kappa shape index (κ2) is 7.57. The van der Waals surface area contributed by atoms with Gasteiger partial charge in [-0.15, -0.1) is 11.3 Å². The van der Waals surface area contributed by atoms with E-state index in [9.17, 15) is 14.4 Å². The van der Waals surface area contributed by atoms with Crippen LogP contribution in [-0.4, -0.2) is 57.8 Å². The minimum atomic E-state index is -0.277. The van der Waals surface area contributed by atoms with Gasteiger partial charge in [-0.05, 0) is 38.7 Å². The van der Waals surface area contributed by atoms with Crippen molar-refractivity contribution in [2.24, 2.45) is 0 Å². The summed E-state index contributed by atoms with van der Waals surface area (Å²) in [6, 6.07) is 0. The Morgan fingerprint density at radius 3 is 2.65 bits per heavy atom. The quantitative estimate of drug-likeness (QED) is 0.761. The van der Waals surface area contributed by atoms with Crippen LogP contribution >= 0.6 is 11.3 Å². The van der Waals surface area contributed by atoms with E-state index in [0.717, 1.165) is 29.7 Å². The number of hydrogen-bond donors (Lipinski definition) is 0. The molecule has 0 aliphatic heterocycles. The number of likely N-dealkylation sites (N-methyl/N-ethyl adjacent to an activating group) is 2. The number of fused-ring (bicyclic) bond motifs is 3. The molecule has 8 heteroatoms. The van der Waals surface area contributed by atoms with Crippen LogP contribution in [0.15, 0.2) is 11.1 Å². The molecule has 0 saturated carbocycles. The van der Waals surface area contributed by atoms with Crippen LogP contribution in [0.2, 0.25) is 0 Å². The van der Waals surface area contributed by atoms with E-state index < -0.39 is 0 Å². The average molecular weight is 376 g/mol. The van der Waals surface area contributed by atoms with E-state index in [4.69, 9.17) is 0 Å². The maximum absolute atomic E-state index is 12.8. The lowest BCUT2D eigenvalue weighted by Gasteiger charge is -2.23. The molecule has 7 nitrogen and oxygen atoms in total. The van der Waals surface area contributed by atoms with Gasteiger partial charge in [0.1, 0.15) is 11.4 Å². The zero-order valence-electron chi connectivity index (χ0n) is 15.4. The van der Waals surface area contributed by atoms with Crippen molar-refractivity contribution in [1.82, 2.24) is 19.4 Å². The lowest BCUT2D eigenvalue weighted by molar-refractivity contribution is -0.139. The molecule has 0 radical (unpaired) electrons. The summed E-state index contributed by atoms with van der Waals surface area (Å²) < 4.78 is 1.36. The Morgan fingerprint density at radius 1 is 1.23 bits per heavy atom. The van der Waals surface area contributed by atoms with E-state index in [2.05, 4.69) is 4.98 Å². The molecule has 0 N–H and O–H groups in total. The fourth-order valence-electron chi connectivity index (χ4n) is 3.37. The Bertz CT molecular complexity index is 898. The van der Waals surface area contributed by atoms with Gasteiger partial charge in [0.15, 0.2) is 0 Å². The van der Waals surface area contributed by atoms with Crippen LogP contribution in [0.25, 0.3) is 10.2 Å². The molecule has 0 spiro atoms. The molecule has 0 fully saturated rings. The van der Waals surface area contributed by atoms with Gasteiger partial charge in [-0.3, -0.25) is 19.0 Å². The van der Waals surface area contributed by atoms with Gasteiger partial charge in [0.25, 0.3) is 5.56 Å². The zero-order chi connectivity index (χ0) is 18.8. The second-order valence-corrected chi connectivity index (χ2v) is 7.61. The predicted molar refractivity (Wildman–Crippen MR) is 101 cm³/mol. The summed E-state index contributed by atoms with van der Waals surface area (Å²) >= 11 is 1.58. The van der Waals surface area contributed by atoms with Crippen molar-refractivity contribution in [1.29, 1.82) is 0 Å². The smallest absolute Gasteiger partial charge is 0.262 e. The predicted octanol–water partition coefficient (Wildman–Crippen LogP) is 1.27. The Kier molecular flexibility index (Phi) is 5.41. The molecule has 2 amide bonds. The van der Waals surface area contributed by atoms with E-state index in [0.29, 0.717) is 18.5 Å². The highest BCUT2D eigenvalue weighted by molar-refractivity contribution is 7.18. The van der Waals surface area contributed by atoms with Crippen molar-refractivity contribution < 1.29 is 9.59 Å². The standard InChI is InChI=1S/C18H24N4O3S/c1-4-21(5-2)15(24)9-20(3)14(23)10-22-11-19-17-16(18(22)25)12-7-6-8-13(12)26-17/h11H,4-10H2,1-3H3. The zero-order valence-corrected chi connectivity index (χ0v) is 16.3. The normalized spacial score (nSPS) is 13.0. The van der Waals surface area contributed by atoms with Gasteiger partial charge in [-0.1, -0.05) is 0 Å². The maximum atomic E-state index is 12.8. The molecule has 1 aliphatic rings. The lowest BCUT2D eigenvalue weighted by Crippen LogP contribution is -2.42. The molecule has 2 aromatic rings. The molecular weight excluding hydrogens is 352 g/mol. The van der Waals surface area contributed by atoms with Crippen molar-refractivity contribution in [3.05, 3.63) is 27.1 Å². The molecule has 0 atom stereocenters. The third-order valence-electron chi connectivity index (χ3n) is 4.91. The largest absolute Gasteiger partial charge is 0.342 e. The van der Waals surface area contributed by atoms with Gasteiger partial charge in [0.2, 0.25) is 11.8 Å². The molecule has 26 heavy (non-hydrogen) atoms. The first-order valence-electron chi connectivity index (χ1n) is 8.97. The van der Waals surface area contributed by atoms with Gasteiger partial charge in [-0.2, -0.15) is 0 Å². The third kappa shape index (κ3) is 3.38. The first kappa shape index (κ1) is 18.6. The Labute approximate surface area is 156 Å². The maximum Gasteiger partial charge on any atom is 0.262 e. The summed E-state index contributed by atoms with van der Waals surface area (Å²) in [4.78, 5) is 46.9. The van der Waals surface area contributed by atoms with Gasteiger partial charge in [0, 0.05) is 25.0 Å². The fourth-order valence-corrected chi connectivity index (χ4v) is 4.59. The highest BCUT2D eigenvalue weighted by atomic mass is 32.1. The first-order valence-corrected chi connectivity index (χ1v) is 9.79. The number of rotatable bonds is 6. The number of carbonyl (C=O) groups excluding carboxylic acids is 2. The van der Waals surface area contributed by atoms with Crippen LogP contribution in [-0.2, 0) is 29.0 Å². The number of hydrogen-bond acceptors (Lipinski definition) is 5. The fraction of sp³-hybridized carbons (Fsp3) is 0.556. The van der Waals surface area contributed by atoms with E-state index in [-0.39, 0.29) is 30.5 Å². The highest BCUT2D eigenvalue weighted by Gasteiger charge is 2.22. The summed E-state index contributed by atoms with van der Waals surface area (Å²) in [6.07, 6.45) is 4.42. The summed E-state index contributed by atoms with van der Waals surface area (Å²) in [6.45, 7) is 4.94. The second-order valence-electron chi connectivity index (χ2n) is 6.53. The molecule has 2 aromatic heterocycles. The van der Waals surface area contributed by atoms with Crippen LogP contribution in [0.5, 0.6) is 0 Å². The van der Waals surface area contributed by atoms with Gasteiger partial charge in [-0.25, -0.2) is 4.98 Å². The average Bonchev–Trinajstić information content (AvgIpc) is 3.19. The molecule has 0 saturated heterocycles. The number of aromatic nitrogens is 2. The highest BCUT2D eigenvalue weighted by Crippen LogP contribution is 2.34. The van der Waals surface area contributed by atoms with Gasteiger partial charge < -0.3 is 9.80 Å². The number of amides is 2. The SMILES string of the molecule is CCN(CC)C(=O)CN(C)C(=O)Cn1cnc2sc3c(c2c1=O)CCC3. The summed E-state index contributed by atoms with van der Waals surface area (Å²) in [5.41, 5.74) is 0.945. The third-order valence-corrected chi connectivity index (χ3v) is 6.11. The van der Waals surface area contributed by atoms with E-state index in [1.165, 1.54) is 20.7 Å². The van der Waals surface area contributed by atoms with Crippen LogP contribution in [0.4, 0.5) is 0 Å². The number of thiophene rings is 1. The Balaban J connectivity index is 1.76. The van der Waals surface area contributed by atoms with Crippen molar-refractivity contribution in [2.75, 3.05) is 26.7 Å². The van der Waals surface area contributed by atoms with Gasteiger partial charge in [0.05, 0.1) is 18.3 Å². The summed E-state index contributed by atoms with van der Waals surface area (Å²) in [7, 11) is 1.59. The molecule has 0 bridgehead atoms. The Morgan fingerprint density at radius 2 is 1.96 bits per heavy atom. The van der Waals surface area contributed by atoms with Crippen molar-refractivity contribution in [3.63, 3.8) is 0 Å². The molecule has 3 rings (SSSR count).